The summed E-state index contributed by atoms with van der Waals surface area (Å²) in [4.78, 5) is 0.199. The smallest absolute Gasteiger partial charge is 0.181 e. The summed E-state index contributed by atoms with van der Waals surface area (Å²) in [7, 11) is -5.10. The maximum atomic E-state index is 12.1. The summed E-state index contributed by atoms with van der Waals surface area (Å²) in [5.74, 6) is 2.41. The van der Waals surface area contributed by atoms with E-state index < -0.39 is 29.8 Å². The summed E-state index contributed by atoms with van der Waals surface area (Å²) in [6, 6.07) is 8.07. The van der Waals surface area contributed by atoms with Crippen molar-refractivity contribution in [2.75, 3.05) is 5.75 Å². The van der Waals surface area contributed by atoms with Gasteiger partial charge in [-0.25, -0.2) is 8.42 Å². The van der Waals surface area contributed by atoms with Gasteiger partial charge in [-0.1, -0.05) is 50.3 Å². The fourth-order valence-corrected chi connectivity index (χ4v) is 3.30. The van der Waals surface area contributed by atoms with Gasteiger partial charge in [-0.3, -0.25) is 0 Å². The van der Waals surface area contributed by atoms with Gasteiger partial charge in [-0.2, -0.15) is 0 Å². The van der Waals surface area contributed by atoms with Crippen molar-refractivity contribution in [2.45, 2.75) is 30.6 Å². The number of aliphatic hydroxyl groups excluding tert-OH is 1. The molecule has 0 spiro atoms. The molecule has 1 rings (SSSR count). The van der Waals surface area contributed by atoms with Gasteiger partial charge in [0.05, 0.1) is 10.6 Å². The molecule has 0 amide bonds. The second kappa shape index (κ2) is 6.40. The Balaban J connectivity index is 2.83. The van der Waals surface area contributed by atoms with Crippen molar-refractivity contribution in [1.82, 2.24) is 0 Å². The van der Waals surface area contributed by atoms with Gasteiger partial charge in [0.2, 0.25) is 0 Å². The van der Waals surface area contributed by atoms with Crippen LogP contribution in [0.15, 0.2) is 47.4 Å². The minimum absolute atomic E-state index is 0.199. The van der Waals surface area contributed by atoms with E-state index in [9.17, 15) is 13.5 Å². The predicted octanol–water partition coefficient (Wildman–Crippen LogP) is 2.26. The molecule has 5 heteroatoms. The van der Waals surface area contributed by atoms with Gasteiger partial charge in [0, 0.05) is 5.57 Å². The molecule has 3 nitrogen and oxygen atoms in total. The van der Waals surface area contributed by atoms with Crippen molar-refractivity contribution < 1.29 is 13.5 Å². The first kappa shape index (κ1) is 16.7. The summed E-state index contributed by atoms with van der Waals surface area (Å²) in [5, 5.41) is 9.95. The molecule has 1 aromatic rings. The maximum Gasteiger partial charge on any atom is 0.181 e. The Morgan fingerprint density at radius 2 is 1.85 bits per heavy atom. The highest BCUT2D eigenvalue weighted by Gasteiger charge is 2.21. The maximum absolute atomic E-state index is 12.1. The van der Waals surface area contributed by atoms with Crippen LogP contribution in [0.25, 0.3) is 0 Å². The zero-order valence-corrected chi connectivity index (χ0v) is 13.9. The Labute approximate surface area is 122 Å². The zero-order chi connectivity index (χ0) is 15.4. The second-order valence-corrected chi connectivity index (χ2v) is 12.4. The standard InChI is InChI=1S/C15H20O3SSi/c1-13(10-11-20(2,3)4)15(16)12-19(17,18)14-8-6-5-7-9-14/h5-9,15-16H,1,12H2,2-4H3. The average molecular weight is 308 g/mol. The molecule has 0 heterocycles. The van der Waals surface area contributed by atoms with Crippen LogP contribution in [-0.4, -0.2) is 33.5 Å². The quantitative estimate of drug-likeness (QED) is 0.686. The van der Waals surface area contributed by atoms with Gasteiger partial charge < -0.3 is 5.11 Å². The molecular weight excluding hydrogens is 288 g/mol. The zero-order valence-electron chi connectivity index (χ0n) is 12.1. The lowest BCUT2D eigenvalue weighted by molar-refractivity contribution is 0.239. The minimum Gasteiger partial charge on any atom is -0.387 e. The molecule has 0 aliphatic carbocycles. The lowest BCUT2D eigenvalue weighted by Crippen LogP contribution is -2.23. The van der Waals surface area contributed by atoms with Crippen LogP contribution in [-0.2, 0) is 9.84 Å². The van der Waals surface area contributed by atoms with E-state index >= 15 is 0 Å². The normalized spacial score (nSPS) is 13.2. The number of rotatable bonds is 4. The number of hydrogen-bond donors (Lipinski definition) is 1. The minimum atomic E-state index is -3.53. The van der Waals surface area contributed by atoms with E-state index in [1.54, 1.807) is 18.2 Å². The first-order valence-corrected chi connectivity index (χ1v) is 11.4. The Bertz CT molecular complexity index is 631. The molecule has 0 bridgehead atoms. The van der Waals surface area contributed by atoms with E-state index in [1.165, 1.54) is 12.1 Å². The molecule has 1 atom stereocenters. The average Bonchev–Trinajstić information content (AvgIpc) is 2.35. The van der Waals surface area contributed by atoms with E-state index in [1.807, 2.05) is 0 Å². The number of benzene rings is 1. The molecule has 0 fully saturated rings. The van der Waals surface area contributed by atoms with Crippen LogP contribution in [0.4, 0.5) is 0 Å². The Morgan fingerprint density at radius 1 is 1.30 bits per heavy atom. The number of hydrogen-bond acceptors (Lipinski definition) is 3. The van der Waals surface area contributed by atoms with Crippen LogP contribution in [0.2, 0.25) is 19.6 Å². The van der Waals surface area contributed by atoms with Crippen molar-refractivity contribution in [2.24, 2.45) is 0 Å². The van der Waals surface area contributed by atoms with Gasteiger partial charge >= 0.3 is 0 Å². The predicted molar refractivity (Wildman–Crippen MR) is 84.8 cm³/mol. The highest BCUT2D eigenvalue weighted by molar-refractivity contribution is 7.91. The van der Waals surface area contributed by atoms with Gasteiger partial charge in [0.25, 0.3) is 0 Å². The van der Waals surface area contributed by atoms with Gasteiger partial charge in [0.1, 0.15) is 14.2 Å². The summed E-state index contributed by atoms with van der Waals surface area (Å²) in [6.07, 6.45) is -1.16. The van der Waals surface area contributed by atoms with E-state index in [-0.39, 0.29) is 10.5 Å². The van der Waals surface area contributed by atoms with Crippen LogP contribution < -0.4 is 0 Å². The molecule has 20 heavy (non-hydrogen) atoms. The first-order chi connectivity index (χ1) is 9.12. The van der Waals surface area contributed by atoms with Crippen molar-refractivity contribution in [3.63, 3.8) is 0 Å². The highest BCUT2D eigenvalue weighted by Crippen LogP contribution is 2.13. The van der Waals surface area contributed by atoms with Crippen LogP contribution in [0.5, 0.6) is 0 Å². The molecule has 0 saturated carbocycles. The summed E-state index contributed by atoms with van der Waals surface area (Å²) in [5.41, 5.74) is 3.32. The molecular formula is C15H20O3SSi. The van der Waals surface area contributed by atoms with E-state index in [2.05, 4.69) is 37.7 Å². The molecule has 108 valence electrons. The van der Waals surface area contributed by atoms with Gasteiger partial charge in [-0.15, -0.1) is 5.54 Å². The molecule has 0 aliphatic heterocycles. The fourth-order valence-electron chi connectivity index (χ4n) is 1.38. The van der Waals surface area contributed by atoms with Crippen LogP contribution in [0.3, 0.4) is 0 Å². The van der Waals surface area contributed by atoms with Gasteiger partial charge in [-0.05, 0) is 12.1 Å². The largest absolute Gasteiger partial charge is 0.387 e. The number of aliphatic hydroxyl groups is 1. The van der Waals surface area contributed by atoms with Crippen molar-refractivity contribution in [1.29, 1.82) is 0 Å². The monoisotopic (exact) mass is 308 g/mol. The van der Waals surface area contributed by atoms with E-state index in [4.69, 9.17) is 0 Å². The van der Waals surface area contributed by atoms with Crippen LogP contribution in [0, 0.1) is 11.5 Å². The molecule has 1 aromatic carbocycles. The molecule has 1 N–H and O–H groups in total. The van der Waals surface area contributed by atoms with Crippen molar-refractivity contribution in [3.8, 4) is 11.5 Å². The van der Waals surface area contributed by atoms with Crippen LogP contribution >= 0.6 is 0 Å². The third-order valence-electron chi connectivity index (χ3n) is 2.48. The van der Waals surface area contributed by atoms with E-state index in [0.717, 1.165) is 0 Å². The number of sulfone groups is 1. The van der Waals surface area contributed by atoms with Crippen molar-refractivity contribution in [3.05, 3.63) is 42.5 Å². The fraction of sp³-hybridized carbons (Fsp3) is 0.333. The Morgan fingerprint density at radius 3 is 2.35 bits per heavy atom. The highest BCUT2D eigenvalue weighted by atomic mass is 32.2. The molecule has 1 unspecified atom stereocenters. The SMILES string of the molecule is C=C(C#C[Si](C)(C)C)C(O)CS(=O)(=O)c1ccccc1. The summed E-state index contributed by atoms with van der Waals surface area (Å²) >= 11 is 0. The third-order valence-corrected chi connectivity index (χ3v) is 5.10. The summed E-state index contributed by atoms with van der Waals surface area (Å²) < 4.78 is 24.2. The first-order valence-electron chi connectivity index (χ1n) is 6.30. The Hall–Kier alpha value is -1.35. The van der Waals surface area contributed by atoms with E-state index in [0.29, 0.717) is 0 Å². The summed E-state index contributed by atoms with van der Waals surface area (Å²) in [6.45, 7) is 9.88. The van der Waals surface area contributed by atoms with Crippen LogP contribution in [0.1, 0.15) is 0 Å². The Kier molecular flexibility index (Phi) is 5.34. The topological polar surface area (TPSA) is 54.4 Å². The third kappa shape index (κ3) is 5.33. The van der Waals surface area contributed by atoms with Crippen molar-refractivity contribution >= 4 is 17.9 Å². The second-order valence-electron chi connectivity index (χ2n) is 5.64. The molecule has 0 aromatic heterocycles. The lowest BCUT2D eigenvalue weighted by atomic mass is 10.2. The molecule has 0 aliphatic rings. The molecule has 0 saturated heterocycles. The lowest BCUT2D eigenvalue weighted by Gasteiger charge is -2.11. The molecule has 0 radical (unpaired) electrons. The van der Waals surface area contributed by atoms with Gasteiger partial charge in [0.15, 0.2) is 9.84 Å².